The second kappa shape index (κ2) is 5.87. The second-order valence-electron chi connectivity index (χ2n) is 0.989. The molecule has 0 aliphatic heterocycles. The summed E-state index contributed by atoms with van der Waals surface area (Å²) >= 11 is 0.843. The molecular formula is C4H10SSe. The fraction of sp³-hybridized carbons (Fsp3) is 1.00. The van der Waals surface area contributed by atoms with Crippen LogP contribution in [0.2, 0.25) is 5.82 Å². The predicted octanol–water partition coefficient (Wildman–Crippen LogP) is 1.80. The molecule has 0 aliphatic rings. The average molecular weight is 169 g/mol. The molecule has 0 heterocycles. The molecule has 0 amide bonds. The summed E-state index contributed by atoms with van der Waals surface area (Å²) in [4.78, 5) is 0. The van der Waals surface area contributed by atoms with Crippen LogP contribution >= 0.6 is 10.2 Å². The van der Waals surface area contributed by atoms with Gasteiger partial charge in [0, 0.05) is 0 Å². The summed E-state index contributed by atoms with van der Waals surface area (Å²) in [7, 11) is 2.07. The fourth-order valence-corrected chi connectivity index (χ4v) is 2.60. The SMILES string of the molecule is CCCS[Se]C. The Hall–Kier alpha value is 0.869. The van der Waals surface area contributed by atoms with Crippen LogP contribution in [-0.4, -0.2) is 19.6 Å². The molecule has 0 aromatic carbocycles. The van der Waals surface area contributed by atoms with E-state index in [0.29, 0.717) is 0 Å². The number of rotatable bonds is 3. The van der Waals surface area contributed by atoms with Crippen molar-refractivity contribution >= 4 is 24.0 Å². The Morgan fingerprint density at radius 2 is 2.33 bits per heavy atom. The normalized spacial score (nSPS) is 9.00. The van der Waals surface area contributed by atoms with Gasteiger partial charge in [-0.05, 0) is 0 Å². The minimum atomic E-state index is 0.843. The van der Waals surface area contributed by atoms with Gasteiger partial charge in [-0.15, -0.1) is 0 Å². The zero-order valence-electron chi connectivity index (χ0n) is 4.23. The molecule has 0 spiro atoms. The van der Waals surface area contributed by atoms with E-state index in [1.807, 2.05) is 0 Å². The van der Waals surface area contributed by atoms with E-state index < -0.39 is 0 Å². The van der Waals surface area contributed by atoms with E-state index in [0.717, 1.165) is 13.8 Å². The van der Waals surface area contributed by atoms with Crippen molar-refractivity contribution in [3.63, 3.8) is 0 Å². The topological polar surface area (TPSA) is 0 Å². The molecule has 0 bridgehead atoms. The molecule has 0 saturated carbocycles. The molecule has 38 valence electrons. The van der Waals surface area contributed by atoms with Crippen LogP contribution in [0.3, 0.4) is 0 Å². The van der Waals surface area contributed by atoms with Crippen LogP contribution in [0.1, 0.15) is 13.3 Å². The summed E-state index contributed by atoms with van der Waals surface area (Å²) in [5, 5.41) is 0. The van der Waals surface area contributed by atoms with E-state index in [4.69, 9.17) is 0 Å². The Balaban J connectivity index is 2.34. The summed E-state index contributed by atoms with van der Waals surface area (Å²) in [6, 6.07) is 0. The van der Waals surface area contributed by atoms with E-state index in [1.54, 1.807) is 0 Å². The molecule has 0 N–H and O–H groups in total. The Bertz CT molecular complexity index is 19.5. The molecule has 0 fully saturated rings. The van der Waals surface area contributed by atoms with Crippen LogP contribution in [0.5, 0.6) is 0 Å². The van der Waals surface area contributed by atoms with Crippen LogP contribution in [-0.2, 0) is 0 Å². The Morgan fingerprint density at radius 1 is 1.67 bits per heavy atom. The molecular weight excluding hydrogens is 159 g/mol. The average Bonchev–Trinajstić information content (AvgIpc) is 1.61. The molecule has 0 radical (unpaired) electrons. The van der Waals surface area contributed by atoms with Crippen molar-refractivity contribution in [3.8, 4) is 0 Å². The summed E-state index contributed by atoms with van der Waals surface area (Å²) in [5.41, 5.74) is 0. The molecule has 0 aromatic heterocycles. The minimum absolute atomic E-state index is 0.843. The maximum absolute atomic E-state index is 2.26. The van der Waals surface area contributed by atoms with E-state index in [9.17, 15) is 0 Å². The van der Waals surface area contributed by atoms with Crippen molar-refractivity contribution in [2.45, 2.75) is 19.2 Å². The Kier molecular flexibility index (Phi) is 6.72. The molecule has 0 unspecified atom stereocenters. The van der Waals surface area contributed by atoms with Crippen molar-refractivity contribution in [3.05, 3.63) is 0 Å². The van der Waals surface area contributed by atoms with Gasteiger partial charge in [0.05, 0.1) is 0 Å². The zero-order chi connectivity index (χ0) is 4.83. The van der Waals surface area contributed by atoms with E-state index in [-0.39, 0.29) is 0 Å². The first-order valence-corrected chi connectivity index (χ1v) is 6.79. The van der Waals surface area contributed by atoms with E-state index in [2.05, 4.69) is 22.9 Å². The third-order valence-corrected chi connectivity index (χ3v) is 3.75. The summed E-state index contributed by atoms with van der Waals surface area (Å²) in [6.07, 6.45) is 1.33. The van der Waals surface area contributed by atoms with Gasteiger partial charge >= 0.3 is 48.9 Å². The van der Waals surface area contributed by atoms with Gasteiger partial charge in [-0.2, -0.15) is 0 Å². The van der Waals surface area contributed by atoms with Gasteiger partial charge in [0.25, 0.3) is 0 Å². The van der Waals surface area contributed by atoms with Crippen molar-refractivity contribution in [2.24, 2.45) is 0 Å². The van der Waals surface area contributed by atoms with Crippen LogP contribution in [0.15, 0.2) is 0 Å². The summed E-state index contributed by atoms with van der Waals surface area (Å²) in [6.45, 7) is 2.22. The molecule has 0 aromatic rings. The molecule has 0 aliphatic carbocycles. The number of hydrogen-bond donors (Lipinski definition) is 0. The van der Waals surface area contributed by atoms with E-state index in [1.165, 1.54) is 12.2 Å². The van der Waals surface area contributed by atoms with Gasteiger partial charge in [0.1, 0.15) is 0 Å². The third kappa shape index (κ3) is 4.87. The zero-order valence-corrected chi connectivity index (χ0v) is 6.76. The quantitative estimate of drug-likeness (QED) is 0.458. The third-order valence-electron chi connectivity index (χ3n) is 0.405. The first-order chi connectivity index (χ1) is 2.91. The summed E-state index contributed by atoms with van der Waals surface area (Å²) in [5.74, 6) is 3.61. The van der Waals surface area contributed by atoms with Crippen molar-refractivity contribution < 1.29 is 0 Å². The van der Waals surface area contributed by atoms with Crippen LogP contribution in [0.4, 0.5) is 0 Å². The van der Waals surface area contributed by atoms with Gasteiger partial charge in [-0.3, -0.25) is 0 Å². The van der Waals surface area contributed by atoms with Crippen molar-refractivity contribution in [2.75, 3.05) is 5.75 Å². The Labute approximate surface area is 49.3 Å². The second-order valence-corrected chi connectivity index (χ2v) is 5.55. The van der Waals surface area contributed by atoms with E-state index >= 15 is 0 Å². The first-order valence-electron chi connectivity index (χ1n) is 2.07. The molecule has 0 saturated heterocycles. The molecule has 0 atom stereocenters. The van der Waals surface area contributed by atoms with Gasteiger partial charge in [-0.1, -0.05) is 0 Å². The molecule has 6 heavy (non-hydrogen) atoms. The fourth-order valence-electron chi connectivity index (χ4n) is 0.167. The van der Waals surface area contributed by atoms with Crippen LogP contribution in [0.25, 0.3) is 0 Å². The van der Waals surface area contributed by atoms with Crippen molar-refractivity contribution in [1.82, 2.24) is 0 Å². The van der Waals surface area contributed by atoms with Crippen molar-refractivity contribution in [1.29, 1.82) is 0 Å². The maximum atomic E-state index is 2.26. The van der Waals surface area contributed by atoms with Crippen LogP contribution in [0, 0.1) is 0 Å². The molecule has 0 rings (SSSR count). The number of hydrogen-bond acceptors (Lipinski definition) is 1. The first kappa shape index (κ1) is 6.87. The standard InChI is InChI=1S/C4H10SSe/c1-3-4-5-6-2/h3-4H2,1-2H3. The predicted molar refractivity (Wildman–Crippen MR) is 34.4 cm³/mol. The van der Waals surface area contributed by atoms with Crippen LogP contribution < -0.4 is 0 Å². The van der Waals surface area contributed by atoms with Gasteiger partial charge in [-0.25, -0.2) is 0 Å². The van der Waals surface area contributed by atoms with Gasteiger partial charge in [0.15, 0.2) is 0 Å². The summed E-state index contributed by atoms with van der Waals surface area (Å²) < 4.78 is 0. The molecule has 2 heteroatoms. The molecule has 0 nitrogen and oxygen atoms in total. The Morgan fingerprint density at radius 3 is 2.50 bits per heavy atom. The monoisotopic (exact) mass is 170 g/mol. The van der Waals surface area contributed by atoms with Gasteiger partial charge in [0.2, 0.25) is 0 Å². The van der Waals surface area contributed by atoms with Gasteiger partial charge < -0.3 is 0 Å².